The van der Waals surface area contributed by atoms with Crippen LogP contribution in [0.2, 0.25) is 0 Å². The van der Waals surface area contributed by atoms with Gasteiger partial charge in [-0.3, -0.25) is 9.98 Å². The summed E-state index contributed by atoms with van der Waals surface area (Å²) < 4.78 is 0. The van der Waals surface area contributed by atoms with Crippen LogP contribution in [0.15, 0.2) is 29.4 Å². The Morgan fingerprint density at radius 3 is 3.06 bits per heavy atom. The number of pyridine rings is 1. The molecule has 0 aliphatic carbocycles. The van der Waals surface area contributed by atoms with Crippen LogP contribution in [0.4, 0.5) is 0 Å². The molecular weight excluding hydrogens is 242 g/mol. The molecule has 0 aromatic carbocycles. The molecule has 1 aliphatic rings. The van der Waals surface area contributed by atoms with Gasteiger partial charge >= 0.3 is 0 Å². The van der Waals surface area contributed by atoms with Gasteiger partial charge in [0, 0.05) is 17.5 Å². The molecule has 2 heterocycles. The van der Waals surface area contributed by atoms with E-state index in [4.69, 9.17) is 4.99 Å². The number of aliphatic imine (C=N–C) groups is 1. The molecule has 1 aromatic heterocycles. The van der Waals surface area contributed by atoms with Gasteiger partial charge in [0.05, 0.1) is 11.7 Å². The minimum atomic E-state index is 0.111. The van der Waals surface area contributed by atoms with E-state index < -0.39 is 0 Å². The van der Waals surface area contributed by atoms with Gasteiger partial charge in [-0.05, 0) is 38.8 Å². The molecule has 0 amide bonds. The molecule has 1 aliphatic heterocycles. The second-order valence-electron chi connectivity index (χ2n) is 5.00. The quantitative estimate of drug-likeness (QED) is 0.908. The van der Waals surface area contributed by atoms with Crippen molar-refractivity contribution in [3.05, 3.63) is 30.1 Å². The van der Waals surface area contributed by atoms with Crippen LogP contribution in [0.3, 0.4) is 0 Å². The molecule has 3 nitrogen and oxygen atoms in total. The predicted molar refractivity (Wildman–Crippen MR) is 79.0 cm³/mol. The average molecular weight is 263 g/mol. The fraction of sp³-hybridized carbons (Fsp3) is 0.571. The predicted octanol–water partition coefficient (Wildman–Crippen LogP) is 3.39. The first-order chi connectivity index (χ1) is 8.63. The second-order valence-corrected chi connectivity index (χ2v) is 6.09. The van der Waals surface area contributed by atoms with Crippen LogP contribution in [0.1, 0.15) is 45.3 Å². The summed E-state index contributed by atoms with van der Waals surface area (Å²) in [5.74, 6) is 1.14. The van der Waals surface area contributed by atoms with Crippen molar-refractivity contribution in [2.45, 2.75) is 45.2 Å². The van der Waals surface area contributed by atoms with E-state index in [1.807, 2.05) is 36.2 Å². The summed E-state index contributed by atoms with van der Waals surface area (Å²) in [5.41, 5.74) is 1.23. The Morgan fingerprint density at radius 2 is 2.39 bits per heavy atom. The molecule has 98 valence electrons. The first kappa shape index (κ1) is 13.4. The molecule has 0 saturated carbocycles. The summed E-state index contributed by atoms with van der Waals surface area (Å²) in [4.78, 5) is 9.11. The molecule has 18 heavy (non-hydrogen) atoms. The summed E-state index contributed by atoms with van der Waals surface area (Å²) in [6.07, 6.45) is 4.15. The van der Waals surface area contributed by atoms with Crippen molar-refractivity contribution in [2.24, 2.45) is 4.99 Å². The Morgan fingerprint density at radius 1 is 1.56 bits per heavy atom. The lowest BCUT2D eigenvalue weighted by Gasteiger charge is -2.35. The lowest BCUT2D eigenvalue weighted by molar-refractivity contribution is 0.389. The number of hydrogen-bond acceptors (Lipinski definition) is 3. The highest BCUT2D eigenvalue weighted by molar-refractivity contribution is 8.13. The van der Waals surface area contributed by atoms with E-state index in [1.54, 1.807) is 0 Å². The Balaban J connectivity index is 2.09. The summed E-state index contributed by atoms with van der Waals surface area (Å²) in [6.45, 7) is 6.59. The monoisotopic (exact) mass is 263 g/mol. The minimum absolute atomic E-state index is 0.111. The van der Waals surface area contributed by atoms with Crippen LogP contribution >= 0.6 is 11.8 Å². The van der Waals surface area contributed by atoms with Gasteiger partial charge in [-0.25, -0.2) is 0 Å². The van der Waals surface area contributed by atoms with Gasteiger partial charge in [0.2, 0.25) is 0 Å². The highest BCUT2D eigenvalue weighted by Gasteiger charge is 2.27. The summed E-state index contributed by atoms with van der Waals surface area (Å²) in [6, 6.07) is 6.09. The maximum absolute atomic E-state index is 4.76. The first-order valence-corrected chi connectivity index (χ1v) is 7.51. The number of nitrogens with one attached hydrogen (secondary N) is 1. The van der Waals surface area contributed by atoms with Gasteiger partial charge in [0.25, 0.3) is 0 Å². The molecule has 0 radical (unpaired) electrons. The molecule has 2 atom stereocenters. The smallest absolute Gasteiger partial charge is 0.157 e. The highest BCUT2D eigenvalue weighted by atomic mass is 32.2. The van der Waals surface area contributed by atoms with E-state index in [9.17, 15) is 0 Å². The lowest BCUT2D eigenvalue weighted by atomic mass is 9.96. The van der Waals surface area contributed by atoms with Crippen molar-refractivity contribution in [1.82, 2.24) is 10.3 Å². The van der Waals surface area contributed by atoms with Crippen LogP contribution < -0.4 is 5.32 Å². The van der Waals surface area contributed by atoms with Crippen LogP contribution in [-0.2, 0) is 0 Å². The molecule has 2 unspecified atom stereocenters. The van der Waals surface area contributed by atoms with Gasteiger partial charge in [-0.15, -0.1) is 0 Å². The molecular formula is C14H21N3S. The third-order valence-electron chi connectivity index (χ3n) is 3.51. The van der Waals surface area contributed by atoms with E-state index in [0.717, 1.165) is 23.0 Å². The zero-order valence-corrected chi connectivity index (χ0v) is 12.1. The highest BCUT2D eigenvalue weighted by Crippen LogP contribution is 2.26. The SMILES string of the molecule is CCC1(C)CCSC(=NC(C)c2ccccn2)N1. The zero-order chi connectivity index (χ0) is 13.0. The molecule has 0 spiro atoms. The van der Waals surface area contributed by atoms with Gasteiger partial charge < -0.3 is 5.32 Å². The minimum Gasteiger partial charge on any atom is -0.360 e. The Hall–Kier alpha value is -1.03. The van der Waals surface area contributed by atoms with Gasteiger partial charge in [0.1, 0.15) is 0 Å². The third-order valence-corrected chi connectivity index (χ3v) is 4.40. The van der Waals surface area contributed by atoms with E-state index in [-0.39, 0.29) is 11.6 Å². The molecule has 4 heteroatoms. The van der Waals surface area contributed by atoms with Gasteiger partial charge in [-0.2, -0.15) is 0 Å². The Labute approximate surface area is 113 Å². The van der Waals surface area contributed by atoms with Gasteiger partial charge in [-0.1, -0.05) is 24.8 Å². The third kappa shape index (κ3) is 3.25. The van der Waals surface area contributed by atoms with Gasteiger partial charge in [0.15, 0.2) is 5.17 Å². The summed E-state index contributed by atoms with van der Waals surface area (Å²) >= 11 is 1.81. The molecule has 2 rings (SSSR count). The fourth-order valence-corrected chi connectivity index (χ4v) is 3.23. The Kier molecular flexibility index (Phi) is 4.27. The van der Waals surface area contributed by atoms with Crippen molar-refractivity contribution in [3.63, 3.8) is 0 Å². The van der Waals surface area contributed by atoms with Crippen molar-refractivity contribution < 1.29 is 0 Å². The number of thioether (sulfide) groups is 1. The number of nitrogens with zero attached hydrogens (tertiary/aromatic N) is 2. The second kappa shape index (κ2) is 5.74. The van der Waals surface area contributed by atoms with Crippen LogP contribution in [0.5, 0.6) is 0 Å². The van der Waals surface area contributed by atoms with Crippen molar-refractivity contribution in [1.29, 1.82) is 0 Å². The van der Waals surface area contributed by atoms with E-state index in [1.165, 1.54) is 6.42 Å². The first-order valence-electron chi connectivity index (χ1n) is 6.53. The lowest BCUT2D eigenvalue weighted by Crippen LogP contribution is -2.48. The molecule has 1 saturated heterocycles. The van der Waals surface area contributed by atoms with Crippen molar-refractivity contribution >= 4 is 16.9 Å². The van der Waals surface area contributed by atoms with Crippen LogP contribution in [0, 0.1) is 0 Å². The maximum Gasteiger partial charge on any atom is 0.157 e. The van der Waals surface area contributed by atoms with E-state index in [0.29, 0.717) is 0 Å². The van der Waals surface area contributed by atoms with Crippen LogP contribution in [-0.4, -0.2) is 21.4 Å². The van der Waals surface area contributed by atoms with E-state index in [2.05, 4.69) is 31.1 Å². The van der Waals surface area contributed by atoms with Crippen molar-refractivity contribution in [2.75, 3.05) is 5.75 Å². The summed E-state index contributed by atoms with van der Waals surface area (Å²) in [7, 11) is 0. The number of amidine groups is 1. The number of aromatic nitrogens is 1. The Bertz CT molecular complexity index is 418. The molecule has 1 N–H and O–H groups in total. The largest absolute Gasteiger partial charge is 0.360 e. The topological polar surface area (TPSA) is 37.3 Å². The number of rotatable bonds is 3. The molecule has 1 fully saturated rings. The molecule has 1 aromatic rings. The normalized spacial score (nSPS) is 27.8. The average Bonchev–Trinajstić information content (AvgIpc) is 2.40. The number of hydrogen-bond donors (Lipinski definition) is 1. The molecule has 0 bridgehead atoms. The van der Waals surface area contributed by atoms with E-state index >= 15 is 0 Å². The van der Waals surface area contributed by atoms with Crippen LogP contribution in [0.25, 0.3) is 0 Å². The maximum atomic E-state index is 4.76. The fourth-order valence-electron chi connectivity index (χ4n) is 1.93. The zero-order valence-electron chi connectivity index (χ0n) is 11.3. The standard InChI is InChI=1S/C14H21N3S/c1-4-14(3)8-10-18-13(17-14)16-11(2)12-7-5-6-9-15-12/h5-7,9,11H,4,8,10H2,1-3H3,(H,16,17). The van der Waals surface area contributed by atoms with Crippen molar-refractivity contribution in [3.8, 4) is 0 Å². The summed E-state index contributed by atoms with van der Waals surface area (Å²) in [5, 5.41) is 4.62.